The third-order valence-electron chi connectivity index (χ3n) is 3.01. The van der Waals surface area contributed by atoms with Crippen LogP contribution in [-0.2, 0) is 0 Å². The number of nitrogens with one attached hydrogen (secondary N) is 1. The van der Waals surface area contributed by atoms with Crippen molar-refractivity contribution >= 4 is 5.91 Å². The number of hydrogen-bond donors (Lipinski definition) is 1. The number of nitrogens with zero attached hydrogens (tertiary/aromatic N) is 2. The third kappa shape index (κ3) is 4.27. The van der Waals surface area contributed by atoms with E-state index in [0.29, 0.717) is 5.70 Å². The first-order valence-corrected chi connectivity index (χ1v) is 7.24. The summed E-state index contributed by atoms with van der Waals surface area (Å²) in [5, 5.41) is 6.76. The zero-order valence-corrected chi connectivity index (χ0v) is 13.1. The van der Waals surface area contributed by atoms with Gasteiger partial charge in [0.15, 0.2) is 5.69 Å². The van der Waals surface area contributed by atoms with Crippen LogP contribution >= 0.6 is 0 Å². The number of para-hydroxylation sites is 1. The van der Waals surface area contributed by atoms with Crippen molar-refractivity contribution in [3.05, 3.63) is 108 Å². The molecule has 0 aliphatic carbocycles. The molecule has 5 heteroatoms. The van der Waals surface area contributed by atoms with Gasteiger partial charge in [-0.1, -0.05) is 49.6 Å². The van der Waals surface area contributed by atoms with Crippen molar-refractivity contribution in [3.63, 3.8) is 0 Å². The Morgan fingerprint density at radius 3 is 2.54 bits per heavy atom. The summed E-state index contributed by atoms with van der Waals surface area (Å²) in [5.74, 6) is -0.591. The Balaban J connectivity index is 2.34. The van der Waals surface area contributed by atoms with E-state index in [1.807, 2.05) is 30.3 Å². The molecule has 2 rings (SSSR count). The molecule has 2 aromatic rings. The van der Waals surface area contributed by atoms with Gasteiger partial charge < -0.3 is 5.32 Å². The minimum absolute atomic E-state index is 0.191. The molecule has 0 saturated carbocycles. The SMILES string of the molecule is C=C/C=C\C(=C/C=C)NC(=O)c1nn(-c2ccccc2)ccc1=O. The van der Waals surface area contributed by atoms with Gasteiger partial charge in [0.2, 0.25) is 5.43 Å². The lowest BCUT2D eigenvalue weighted by molar-refractivity contribution is 0.0959. The average Bonchev–Trinajstić information content (AvgIpc) is 2.61. The highest BCUT2D eigenvalue weighted by Gasteiger charge is 2.13. The Hall–Kier alpha value is -3.47. The molecule has 0 radical (unpaired) electrons. The maximum atomic E-state index is 12.4. The van der Waals surface area contributed by atoms with E-state index >= 15 is 0 Å². The smallest absolute Gasteiger partial charge is 0.280 e. The quantitative estimate of drug-likeness (QED) is 0.833. The number of hydrogen-bond acceptors (Lipinski definition) is 3. The molecule has 0 saturated heterocycles. The van der Waals surface area contributed by atoms with Gasteiger partial charge in [0.25, 0.3) is 5.91 Å². The molecule has 0 aliphatic rings. The second-order valence-electron chi connectivity index (χ2n) is 4.72. The van der Waals surface area contributed by atoms with Gasteiger partial charge in [-0.15, -0.1) is 0 Å². The van der Waals surface area contributed by atoms with Crippen molar-refractivity contribution in [2.24, 2.45) is 0 Å². The van der Waals surface area contributed by atoms with Crippen molar-refractivity contribution in [1.29, 1.82) is 0 Å². The molecule has 5 nitrogen and oxygen atoms in total. The maximum Gasteiger partial charge on any atom is 0.280 e. The molecule has 0 aliphatic heterocycles. The van der Waals surface area contributed by atoms with Crippen LogP contribution in [0.25, 0.3) is 5.69 Å². The van der Waals surface area contributed by atoms with E-state index in [1.54, 1.807) is 24.3 Å². The van der Waals surface area contributed by atoms with Gasteiger partial charge in [0.05, 0.1) is 5.69 Å². The van der Waals surface area contributed by atoms with Crippen molar-refractivity contribution in [2.45, 2.75) is 0 Å². The van der Waals surface area contributed by atoms with Crippen LogP contribution in [-0.4, -0.2) is 15.7 Å². The number of rotatable bonds is 6. The fourth-order valence-corrected chi connectivity index (χ4v) is 1.92. The zero-order valence-electron chi connectivity index (χ0n) is 13.1. The van der Waals surface area contributed by atoms with Crippen LogP contribution in [0.4, 0.5) is 0 Å². The first-order chi connectivity index (χ1) is 11.7. The zero-order chi connectivity index (χ0) is 17.4. The maximum absolute atomic E-state index is 12.4. The van der Waals surface area contributed by atoms with E-state index in [9.17, 15) is 9.59 Å². The molecule has 0 fully saturated rings. The van der Waals surface area contributed by atoms with E-state index in [0.717, 1.165) is 5.69 Å². The van der Waals surface area contributed by atoms with Crippen LogP contribution in [0.3, 0.4) is 0 Å². The Labute approximate surface area is 140 Å². The van der Waals surface area contributed by atoms with Crippen molar-refractivity contribution in [1.82, 2.24) is 15.1 Å². The summed E-state index contributed by atoms with van der Waals surface area (Å²) in [5.41, 5.74) is 0.583. The first-order valence-electron chi connectivity index (χ1n) is 7.24. The predicted octanol–water partition coefficient (Wildman–Crippen LogP) is 2.77. The lowest BCUT2D eigenvalue weighted by atomic mass is 10.3. The molecule has 0 spiro atoms. The highest BCUT2D eigenvalue weighted by atomic mass is 16.2. The second-order valence-corrected chi connectivity index (χ2v) is 4.72. The van der Waals surface area contributed by atoms with Crippen LogP contribution in [0, 0.1) is 0 Å². The Morgan fingerprint density at radius 2 is 1.88 bits per heavy atom. The molecule has 1 aromatic carbocycles. The highest BCUT2D eigenvalue weighted by Crippen LogP contribution is 2.04. The third-order valence-corrected chi connectivity index (χ3v) is 3.01. The van der Waals surface area contributed by atoms with Gasteiger partial charge in [-0.25, -0.2) is 4.68 Å². The summed E-state index contributed by atoms with van der Waals surface area (Å²) >= 11 is 0. The van der Waals surface area contributed by atoms with Crippen LogP contribution in [0.1, 0.15) is 10.5 Å². The van der Waals surface area contributed by atoms with Gasteiger partial charge in [-0.05, 0) is 24.3 Å². The summed E-state index contributed by atoms with van der Waals surface area (Å²) in [7, 11) is 0. The van der Waals surface area contributed by atoms with E-state index in [1.165, 1.54) is 23.0 Å². The van der Waals surface area contributed by atoms with Gasteiger partial charge in [0.1, 0.15) is 0 Å². The van der Waals surface area contributed by atoms with Crippen molar-refractivity contribution < 1.29 is 4.79 Å². The van der Waals surface area contributed by atoms with Gasteiger partial charge in [-0.3, -0.25) is 9.59 Å². The number of amides is 1. The second kappa shape index (κ2) is 8.24. The van der Waals surface area contributed by atoms with E-state index in [4.69, 9.17) is 0 Å². The number of benzene rings is 1. The molecule has 0 unspecified atom stereocenters. The van der Waals surface area contributed by atoms with E-state index in [2.05, 4.69) is 23.6 Å². The summed E-state index contributed by atoms with van der Waals surface area (Å²) in [6, 6.07) is 10.5. The first kappa shape index (κ1) is 16.9. The Kier molecular flexibility index (Phi) is 5.80. The highest BCUT2D eigenvalue weighted by molar-refractivity contribution is 5.93. The van der Waals surface area contributed by atoms with E-state index < -0.39 is 11.3 Å². The topological polar surface area (TPSA) is 64.0 Å². The molecule has 0 atom stereocenters. The molecule has 1 amide bonds. The minimum Gasteiger partial charge on any atom is -0.320 e. The largest absolute Gasteiger partial charge is 0.320 e. The van der Waals surface area contributed by atoms with Crippen LogP contribution in [0.15, 0.2) is 96.6 Å². The van der Waals surface area contributed by atoms with Gasteiger partial charge >= 0.3 is 0 Å². The Bertz CT molecular complexity index is 862. The minimum atomic E-state index is -0.591. The fraction of sp³-hybridized carbons (Fsp3) is 0. The predicted molar refractivity (Wildman–Crippen MR) is 94.9 cm³/mol. The monoisotopic (exact) mass is 319 g/mol. The number of allylic oxidation sites excluding steroid dienone is 5. The number of carbonyl (C=O) groups is 1. The van der Waals surface area contributed by atoms with Gasteiger partial charge in [-0.2, -0.15) is 5.10 Å². The van der Waals surface area contributed by atoms with Crippen LogP contribution < -0.4 is 10.7 Å². The summed E-state index contributed by atoms with van der Waals surface area (Å²) in [6.45, 7) is 7.16. The summed E-state index contributed by atoms with van der Waals surface area (Å²) in [4.78, 5) is 24.4. The molecule has 1 aromatic heterocycles. The number of carbonyl (C=O) groups excluding carboxylic acids is 1. The molecule has 24 heavy (non-hydrogen) atoms. The lowest BCUT2D eigenvalue weighted by Crippen LogP contribution is -2.30. The van der Waals surface area contributed by atoms with Crippen LogP contribution in [0.2, 0.25) is 0 Å². The summed E-state index contributed by atoms with van der Waals surface area (Å²) in [6.07, 6.45) is 9.54. The molecular weight excluding hydrogens is 302 g/mol. The number of aromatic nitrogens is 2. The molecular formula is C19H17N3O2. The normalized spacial score (nSPS) is 11.2. The Morgan fingerprint density at radius 1 is 1.12 bits per heavy atom. The summed E-state index contributed by atoms with van der Waals surface area (Å²) < 4.78 is 1.48. The van der Waals surface area contributed by atoms with Crippen molar-refractivity contribution in [3.8, 4) is 5.69 Å². The lowest BCUT2D eigenvalue weighted by Gasteiger charge is -2.08. The van der Waals surface area contributed by atoms with Crippen molar-refractivity contribution in [2.75, 3.05) is 0 Å². The fourth-order valence-electron chi connectivity index (χ4n) is 1.92. The molecule has 0 bridgehead atoms. The molecule has 120 valence electrons. The van der Waals surface area contributed by atoms with E-state index in [-0.39, 0.29) is 5.69 Å². The molecule has 1 N–H and O–H groups in total. The van der Waals surface area contributed by atoms with Gasteiger partial charge in [0, 0.05) is 18.0 Å². The standard InChI is InChI=1S/C19H17N3O2/c1-3-5-10-15(9-4-2)20-19(24)18-17(23)13-14-22(21-18)16-11-7-6-8-12-16/h3-14H,1-2H2,(H,20,24)/b10-5-,15-9+. The average molecular weight is 319 g/mol. The van der Waals surface area contributed by atoms with Crippen LogP contribution in [0.5, 0.6) is 0 Å². The molecule has 1 heterocycles.